The van der Waals surface area contributed by atoms with E-state index in [2.05, 4.69) is 34.5 Å². The Bertz CT molecular complexity index is 438. The number of ketones is 1. The molecular weight excluding hydrogens is 284 g/mol. The van der Waals surface area contributed by atoms with E-state index in [-0.39, 0.29) is 6.61 Å². The average Bonchev–Trinajstić information content (AvgIpc) is 2.28. The summed E-state index contributed by atoms with van der Waals surface area (Å²) in [5.74, 6) is -1.06. The largest absolute Gasteiger partial charge is 0.460 e. The van der Waals surface area contributed by atoms with Crippen molar-refractivity contribution in [3.63, 3.8) is 0 Å². The molecule has 92 valence electrons. The highest BCUT2D eigenvalue weighted by molar-refractivity contribution is 9.10. The van der Waals surface area contributed by atoms with E-state index in [4.69, 9.17) is 0 Å². The molecule has 1 rings (SSSR count). The average molecular weight is 299 g/mol. The molecule has 0 radical (unpaired) electrons. The minimum absolute atomic E-state index is 0.201. The lowest BCUT2D eigenvalue weighted by Crippen LogP contribution is -2.18. The summed E-state index contributed by atoms with van der Waals surface area (Å²) in [7, 11) is 0. The van der Waals surface area contributed by atoms with Gasteiger partial charge in [0.2, 0.25) is 0 Å². The Morgan fingerprint density at radius 3 is 2.47 bits per heavy atom. The van der Waals surface area contributed by atoms with Gasteiger partial charge in [0, 0.05) is 10.0 Å². The second kappa shape index (κ2) is 5.96. The molecule has 0 N–H and O–H groups in total. The highest BCUT2D eigenvalue weighted by Gasteiger charge is 2.20. The SMILES string of the molecule is CCOC(=O)C(=O)c1ccc(C(C)C)cc1Br. The Labute approximate surface area is 109 Å². The summed E-state index contributed by atoms with van der Waals surface area (Å²) in [4.78, 5) is 23.1. The molecule has 0 saturated carbocycles. The fraction of sp³-hybridized carbons (Fsp3) is 0.385. The van der Waals surface area contributed by atoms with E-state index >= 15 is 0 Å². The normalized spacial score (nSPS) is 10.4. The van der Waals surface area contributed by atoms with Crippen LogP contribution < -0.4 is 0 Å². The summed E-state index contributed by atoms with van der Waals surface area (Å²) in [5.41, 5.74) is 1.45. The number of esters is 1. The molecule has 0 spiro atoms. The number of rotatable bonds is 4. The third-order valence-corrected chi connectivity index (χ3v) is 3.02. The Morgan fingerprint density at radius 1 is 1.35 bits per heavy atom. The summed E-state index contributed by atoms with van der Waals surface area (Å²) >= 11 is 3.31. The highest BCUT2D eigenvalue weighted by atomic mass is 79.9. The third-order valence-electron chi connectivity index (χ3n) is 2.37. The van der Waals surface area contributed by atoms with Gasteiger partial charge < -0.3 is 4.74 Å². The summed E-state index contributed by atoms with van der Waals surface area (Å²) < 4.78 is 5.31. The molecule has 0 fully saturated rings. The Morgan fingerprint density at radius 2 is 2.00 bits per heavy atom. The molecule has 0 unspecified atom stereocenters. The molecule has 3 nitrogen and oxygen atoms in total. The van der Waals surface area contributed by atoms with Gasteiger partial charge in [-0.3, -0.25) is 4.79 Å². The van der Waals surface area contributed by atoms with Crippen molar-refractivity contribution >= 4 is 27.7 Å². The molecule has 0 bridgehead atoms. The first-order valence-corrected chi connectivity index (χ1v) is 6.27. The molecule has 0 saturated heterocycles. The Kier molecular flexibility index (Phi) is 4.87. The maximum Gasteiger partial charge on any atom is 0.379 e. The first kappa shape index (κ1) is 13.9. The summed E-state index contributed by atoms with van der Waals surface area (Å²) in [6.07, 6.45) is 0. The number of hydrogen-bond acceptors (Lipinski definition) is 3. The zero-order chi connectivity index (χ0) is 13.0. The lowest BCUT2D eigenvalue weighted by atomic mass is 10.0. The molecule has 1 aromatic rings. The second-order valence-electron chi connectivity index (χ2n) is 3.94. The number of carbonyl (C=O) groups is 2. The van der Waals surface area contributed by atoms with Crippen molar-refractivity contribution in [3.05, 3.63) is 33.8 Å². The number of carbonyl (C=O) groups excluding carboxylic acids is 2. The van der Waals surface area contributed by atoms with Crippen LogP contribution in [0.4, 0.5) is 0 Å². The van der Waals surface area contributed by atoms with Gasteiger partial charge in [0.05, 0.1) is 6.61 Å². The molecule has 1 aromatic carbocycles. The molecule has 0 amide bonds. The molecule has 0 atom stereocenters. The predicted octanol–water partition coefficient (Wildman–Crippen LogP) is 3.32. The zero-order valence-electron chi connectivity index (χ0n) is 10.1. The highest BCUT2D eigenvalue weighted by Crippen LogP contribution is 2.23. The van der Waals surface area contributed by atoms with E-state index in [0.717, 1.165) is 5.56 Å². The number of benzene rings is 1. The molecule has 0 heterocycles. The van der Waals surface area contributed by atoms with Crippen molar-refractivity contribution in [3.8, 4) is 0 Å². The van der Waals surface area contributed by atoms with Crippen molar-refractivity contribution in [2.45, 2.75) is 26.7 Å². The number of ether oxygens (including phenoxy) is 1. The number of halogens is 1. The molecule has 0 aliphatic heterocycles. The van der Waals surface area contributed by atoms with E-state index in [9.17, 15) is 9.59 Å². The van der Waals surface area contributed by atoms with Crippen LogP contribution in [0.1, 0.15) is 42.6 Å². The lowest BCUT2D eigenvalue weighted by Gasteiger charge is -2.08. The van der Waals surface area contributed by atoms with Gasteiger partial charge in [-0.2, -0.15) is 0 Å². The zero-order valence-corrected chi connectivity index (χ0v) is 11.7. The maximum absolute atomic E-state index is 11.7. The number of hydrogen-bond donors (Lipinski definition) is 0. The molecule has 0 aliphatic rings. The van der Waals surface area contributed by atoms with Crippen LogP contribution in [0.15, 0.2) is 22.7 Å². The lowest BCUT2D eigenvalue weighted by molar-refractivity contribution is -0.137. The van der Waals surface area contributed by atoms with E-state index in [0.29, 0.717) is 16.0 Å². The quantitative estimate of drug-likeness (QED) is 0.486. The van der Waals surface area contributed by atoms with Gasteiger partial charge in [-0.25, -0.2) is 4.79 Å². The predicted molar refractivity (Wildman–Crippen MR) is 69.2 cm³/mol. The Balaban J connectivity index is 3.00. The van der Waals surface area contributed by atoms with Crippen molar-refractivity contribution in [1.29, 1.82) is 0 Å². The van der Waals surface area contributed by atoms with E-state index in [1.165, 1.54) is 0 Å². The van der Waals surface area contributed by atoms with E-state index < -0.39 is 11.8 Å². The molecule has 0 aliphatic carbocycles. The van der Waals surface area contributed by atoms with Gasteiger partial charge in [0.1, 0.15) is 0 Å². The second-order valence-corrected chi connectivity index (χ2v) is 4.80. The van der Waals surface area contributed by atoms with Crippen molar-refractivity contribution in [1.82, 2.24) is 0 Å². The van der Waals surface area contributed by atoms with Crippen molar-refractivity contribution in [2.24, 2.45) is 0 Å². The van der Waals surface area contributed by atoms with Gasteiger partial charge in [-0.05, 0) is 30.5 Å². The van der Waals surface area contributed by atoms with Crippen LogP contribution in [0.5, 0.6) is 0 Å². The van der Waals surface area contributed by atoms with Gasteiger partial charge in [-0.15, -0.1) is 0 Å². The Hall–Kier alpha value is -1.16. The fourth-order valence-corrected chi connectivity index (χ4v) is 1.96. The molecule has 0 aromatic heterocycles. The summed E-state index contributed by atoms with van der Waals surface area (Å²) in [6, 6.07) is 5.36. The van der Waals surface area contributed by atoms with Crippen LogP contribution in [-0.2, 0) is 9.53 Å². The van der Waals surface area contributed by atoms with Gasteiger partial charge in [-0.1, -0.05) is 35.8 Å². The van der Waals surface area contributed by atoms with Crippen LogP contribution in [0, 0.1) is 0 Å². The van der Waals surface area contributed by atoms with Crippen molar-refractivity contribution < 1.29 is 14.3 Å². The van der Waals surface area contributed by atoms with E-state index in [1.54, 1.807) is 13.0 Å². The van der Waals surface area contributed by atoms with Gasteiger partial charge in [0.25, 0.3) is 5.78 Å². The van der Waals surface area contributed by atoms with Crippen LogP contribution in [0.25, 0.3) is 0 Å². The van der Waals surface area contributed by atoms with Crippen molar-refractivity contribution in [2.75, 3.05) is 6.61 Å². The maximum atomic E-state index is 11.7. The first-order valence-electron chi connectivity index (χ1n) is 5.48. The van der Waals surface area contributed by atoms with Crippen LogP contribution in [-0.4, -0.2) is 18.4 Å². The third kappa shape index (κ3) is 3.40. The first-order chi connectivity index (χ1) is 7.97. The summed E-state index contributed by atoms with van der Waals surface area (Å²) in [5, 5.41) is 0. The number of Topliss-reactive ketones (excluding diaryl/α,β-unsaturated/α-hetero) is 1. The minimum atomic E-state index is -0.814. The molecule has 4 heteroatoms. The topological polar surface area (TPSA) is 43.4 Å². The van der Waals surface area contributed by atoms with Gasteiger partial charge >= 0.3 is 5.97 Å². The molecular formula is C13H15BrO3. The van der Waals surface area contributed by atoms with Crippen LogP contribution in [0.2, 0.25) is 0 Å². The smallest absolute Gasteiger partial charge is 0.379 e. The van der Waals surface area contributed by atoms with Gasteiger partial charge in [0.15, 0.2) is 0 Å². The van der Waals surface area contributed by atoms with Crippen LogP contribution in [0.3, 0.4) is 0 Å². The minimum Gasteiger partial charge on any atom is -0.460 e. The monoisotopic (exact) mass is 298 g/mol. The molecule has 17 heavy (non-hydrogen) atoms. The van der Waals surface area contributed by atoms with Crippen LogP contribution >= 0.6 is 15.9 Å². The fourth-order valence-electron chi connectivity index (χ4n) is 1.38. The summed E-state index contributed by atoms with van der Waals surface area (Å²) in [6.45, 7) is 6.00. The standard InChI is InChI=1S/C13H15BrO3/c1-4-17-13(16)12(15)10-6-5-9(8(2)3)7-11(10)14/h5-8H,4H2,1-3H3. The van der Waals surface area contributed by atoms with E-state index in [1.807, 2.05) is 12.1 Å².